The Morgan fingerprint density at radius 2 is 2.00 bits per heavy atom. The summed E-state index contributed by atoms with van der Waals surface area (Å²) < 4.78 is 15.5. The molecule has 0 saturated heterocycles. The van der Waals surface area contributed by atoms with Crippen LogP contribution in [0.1, 0.15) is 12.8 Å². The zero-order chi connectivity index (χ0) is 10.4. The summed E-state index contributed by atoms with van der Waals surface area (Å²) in [5.41, 5.74) is 0. The van der Waals surface area contributed by atoms with Crippen molar-refractivity contribution in [2.45, 2.75) is 31.1 Å². The summed E-state index contributed by atoms with van der Waals surface area (Å²) in [6.07, 6.45) is 2.83. The third kappa shape index (κ3) is 3.53. The van der Waals surface area contributed by atoms with Crippen LogP contribution in [-0.2, 0) is 14.2 Å². The van der Waals surface area contributed by atoms with Gasteiger partial charge in [0.1, 0.15) is 0 Å². The van der Waals surface area contributed by atoms with Gasteiger partial charge in [0.2, 0.25) is 0 Å². The van der Waals surface area contributed by atoms with Crippen LogP contribution in [0.25, 0.3) is 0 Å². The van der Waals surface area contributed by atoms with Crippen molar-refractivity contribution in [3.63, 3.8) is 0 Å². The molecule has 1 N–H and O–H groups in total. The van der Waals surface area contributed by atoms with Crippen molar-refractivity contribution in [1.29, 1.82) is 0 Å². The van der Waals surface area contributed by atoms with Gasteiger partial charge < -0.3 is 19.5 Å². The predicted octanol–water partition coefficient (Wildman–Crippen LogP) is 0.415. The van der Waals surface area contributed by atoms with Gasteiger partial charge in [0, 0.05) is 33.9 Å². The number of hydrogen-bond acceptors (Lipinski definition) is 4. The van der Waals surface area contributed by atoms with Gasteiger partial charge in [0.25, 0.3) is 0 Å². The third-order valence-corrected chi connectivity index (χ3v) is 2.75. The number of ether oxygens (including phenoxy) is 3. The van der Waals surface area contributed by atoms with Crippen LogP contribution in [0.5, 0.6) is 0 Å². The highest BCUT2D eigenvalue weighted by Gasteiger charge is 2.28. The van der Waals surface area contributed by atoms with Gasteiger partial charge in [0.05, 0.1) is 18.8 Å². The fourth-order valence-electron chi connectivity index (χ4n) is 1.62. The molecule has 4 nitrogen and oxygen atoms in total. The van der Waals surface area contributed by atoms with Crippen molar-refractivity contribution in [3.05, 3.63) is 0 Å². The van der Waals surface area contributed by atoms with Crippen molar-refractivity contribution >= 4 is 0 Å². The molecule has 1 aliphatic rings. The van der Waals surface area contributed by atoms with E-state index in [1.165, 1.54) is 0 Å². The molecular weight excluding hydrogens is 182 g/mol. The van der Waals surface area contributed by atoms with Crippen LogP contribution in [0, 0.1) is 0 Å². The minimum absolute atomic E-state index is 0.154. The number of hydrogen-bond donors (Lipinski definition) is 1. The topological polar surface area (TPSA) is 39.7 Å². The molecule has 1 aliphatic carbocycles. The second kappa shape index (κ2) is 6.35. The maximum Gasteiger partial charge on any atom is 0.0928 e. The Morgan fingerprint density at radius 3 is 2.50 bits per heavy atom. The van der Waals surface area contributed by atoms with E-state index in [0.29, 0.717) is 18.8 Å². The lowest BCUT2D eigenvalue weighted by Gasteiger charge is -2.35. The maximum absolute atomic E-state index is 5.24. The number of methoxy groups -OCH3 is 3. The van der Waals surface area contributed by atoms with E-state index in [9.17, 15) is 0 Å². The van der Waals surface area contributed by atoms with E-state index in [2.05, 4.69) is 5.32 Å². The van der Waals surface area contributed by atoms with Gasteiger partial charge in [0.15, 0.2) is 0 Å². The molecule has 0 bridgehead atoms. The predicted molar refractivity (Wildman–Crippen MR) is 54.5 cm³/mol. The number of nitrogens with one attached hydrogen (secondary N) is 1. The molecule has 4 heteroatoms. The molecule has 0 amide bonds. The second-order valence-corrected chi connectivity index (χ2v) is 3.75. The monoisotopic (exact) mass is 203 g/mol. The highest BCUT2D eigenvalue weighted by Crippen LogP contribution is 2.22. The van der Waals surface area contributed by atoms with Crippen molar-refractivity contribution in [1.82, 2.24) is 5.32 Å². The zero-order valence-electron chi connectivity index (χ0n) is 9.29. The first-order chi connectivity index (χ1) is 6.80. The summed E-state index contributed by atoms with van der Waals surface area (Å²) in [7, 11) is 5.17. The Morgan fingerprint density at radius 1 is 1.29 bits per heavy atom. The lowest BCUT2D eigenvalue weighted by atomic mass is 9.89. The van der Waals surface area contributed by atoms with E-state index in [0.717, 1.165) is 19.4 Å². The SMILES string of the molecule is COCC(CNC1CC(OC)C1)OC. The fourth-order valence-corrected chi connectivity index (χ4v) is 1.62. The second-order valence-electron chi connectivity index (χ2n) is 3.75. The standard InChI is InChI=1S/C10H21NO3/c1-12-7-10(14-3)6-11-8-4-9(5-8)13-2/h8-11H,4-7H2,1-3H3. The molecule has 0 aromatic carbocycles. The molecular formula is C10H21NO3. The van der Waals surface area contributed by atoms with Crippen LogP contribution >= 0.6 is 0 Å². The third-order valence-electron chi connectivity index (χ3n) is 2.75. The quantitative estimate of drug-likeness (QED) is 0.651. The summed E-state index contributed by atoms with van der Waals surface area (Å²) in [5.74, 6) is 0. The van der Waals surface area contributed by atoms with Gasteiger partial charge in [-0.3, -0.25) is 0 Å². The fraction of sp³-hybridized carbons (Fsp3) is 1.00. The summed E-state index contributed by atoms with van der Waals surface area (Å²) in [6.45, 7) is 1.50. The van der Waals surface area contributed by atoms with Crippen LogP contribution in [0.2, 0.25) is 0 Å². The van der Waals surface area contributed by atoms with Crippen molar-refractivity contribution < 1.29 is 14.2 Å². The molecule has 1 saturated carbocycles. The minimum atomic E-state index is 0.154. The van der Waals surface area contributed by atoms with Crippen LogP contribution in [0.3, 0.4) is 0 Å². The van der Waals surface area contributed by atoms with E-state index in [1.807, 2.05) is 0 Å². The Bertz CT molecular complexity index is 148. The normalized spacial score (nSPS) is 28.5. The minimum Gasteiger partial charge on any atom is -0.382 e. The summed E-state index contributed by atoms with van der Waals surface area (Å²) in [4.78, 5) is 0. The maximum atomic E-state index is 5.24. The van der Waals surface area contributed by atoms with E-state index < -0.39 is 0 Å². The summed E-state index contributed by atoms with van der Waals surface area (Å²) in [5, 5.41) is 3.43. The van der Waals surface area contributed by atoms with Crippen LogP contribution in [0.15, 0.2) is 0 Å². The zero-order valence-corrected chi connectivity index (χ0v) is 9.29. The Labute approximate surface area is 85.9 Å². The highest BCUT2D eigenvalue weighted by atomic mass is 16.5. The lowest BCUT2D eigenvalue weighted by Crippen LogP contribution is -2.48. The van der Waals surface area contributed by atoms with E-state index in [-0.39, 0.29) is 6.10 Å². The average molecular weight is 203 g/mol. The van der Waals surface area contributed by atoms with Crippen molar-refractivity contribution in [2.24, 2.45) is 0 Å². The first kappa shape index (κ1) is 11.9. The first-order valence-electron chi connectivity index (χ1n) is 5.08. The first-order valence-corrected chi connectivity index (χ1v) is 5.08. The smallest absolute Gasteiger partial charge is 0.0928 e. The van der Waals surface area contributed by atoms with Gasteiger partial charge in [-0.15, -0.1) is 0 Å². The molecule has 0 spiro atoms. The van der Waals surface area contributed by atoms with Crippen LogP contribution < -0.4 is 5.32 Å². The Balaban J connectivity index is 2.02. The summed E-state index contributed by atoms with van der Waals surface area (Å²) in [6, 6.07) is 0.592. The lowest BCUT2D eigenvalue weighted by molar-refractivity contribution is 0.0000757. The molecule has 14 heavy (non-hydrogen) atoms. The Kier molecular flexibility index (Phi) is 5.40. The van der Waals surface area contributed by atoms with Gasteiger partial charge in [-0.25, -0.2) is 0 Å². The van der Waals surface area contributed by atoms with E-state index in [4.69, 9.17) is 14.2 Å². The van der Waals surface area contributed by atoms with Crippen LogP contribution in [-0.4, -0.2) is 52.7 Å². The Hall–Kier alpha value is -0.160. The van der Waals surface area contributed by atoms with Crippen molar-refractivity contribution in [2.75, 3.05) is 34.5 Å². The average Bonchev–Trinajstić information content (AvgIpc) is 2.14. The molecule has 1 atom stereocenters. The highest BCUT2D eigenvalue weighted by molar-refractivity contribution is 4.86. The van der Waals surface area contributed by atoms with Gasteiger partial charge in [-0.2, -0.15) is 0 Å². The molecule has 0 aromatic heterocycles. The van der Waals surface area contributed by atoms with Gasteiger partial charge >= 0.3 is 0 Å². The van der Waals surface area contributed by atoms with Crippen LogP contribution in [0.4, 0.5) is 0 Å². The largest absolute Gasteiger partial charge is 0.382 e. The molecule has 0 aromatic rings. The van der Waals surface area contributed by atoms with E-state index >= 15 is 0 Å². The molecule has 0 radical (unpaired) electrons. The molecule has 1 fully saturated rings. The molecule has 84 valence electrons. The molecule has 0 aliphatic heterocycles. The molecule has 0 heterocycles. The molecule has 1 unspecified atom stereocenters. The van der Waals surface area contributed by atoms with Gasteiger partial charge in [-0.05, 0) is 12.8 Å². The molecule has 1 rings (SSSR count). The van der Waals surface area contributed by atoms with Gasteiger partial charge in [-0.1, -0.05) is 0 Å². The van der Waals surface area contributed by atoms with E-state index in [1.54, 1.807) is 21.3 Å². The summed E-state index contributed by atoms with van der Waals surface area (Å²) >= 11 is 0. The number of rotatable bonds is 7. The van der Waals surface area contributed by atoms with Crippen molar-refractivity contribution in [3.8, 4) is 0 Å².